The van der Waals surface area contributed by atoms with Crippen molar-refractivity contribution >= 4 is 69.0 Å². The summed E-state index contributed by atoms with van der Waals surface area (Å²) in [5.74, 6) is -4.88. The Morgan fingerprint density at radius 1 is 1.02 bits per heavy atom. The fraction of sp³-hybridized carbons (Fsp3) is 0.927. The van der Waals surface area contributed by atoms with Crippen molar-refractivity contribution in [3.8, 4) is 0 Å². The van der Waals surface area contributed by atoms with E-state index >= 15 is 0 Å². The highest BCUT2D eigenvalue weighted by Gasteiger charge is 2.90. The summed E-state index contributed by atoms with van der Waals surface area (Å²) in [5.41, 5.74) is -4.01. The molecule has 5 aliphatic heterocycles. The van der Waals surface area contributed by atoms with E-state index in [2.05, 4.69) is 88.4 Å². The van der Waals surface area contributed by atoms with Gasteiger partial charge in [0, 0.05) is 17.9 Å². The number of rotatable bonds is 12. The lowest BCUT2D eigenvalue weighted by Crippen LogP contribution is -2.95. The molecule has 0 aromatic carbocycles. The minimum absolute atomic E-state index is 0.0196. The van der Waals surface area contributed by atoms with Gasteiger partial charge in [-0.05, 0) is 59.9 Å². The first kappa shape index (κ1) is 46.6. The zero-order valence-electron chi connectivity index (χ0n) is 37.3. The van der Waals surface area contributed by atoms with Crippen molar-refractivity contribution in [2.75, 3.05) is 6.61 Å². The number of ether oxygens (including phenoxy) is 5. The number of aliphatic imine (C=N–C) groups is 1. The van der Waals surface area contributed by atoms with Crippen LogP contribution in [0.1, 0.15) is 103 Å². The average molecular weight is 927 g/mol. The van der Waals surface area contributed by atoms with E-state index in [0.29, 0.717) is 5.71 Å². The van der Waals surface area contributed by atoms with Gasteiger partial charge in [0.15, 0.2) is 26.8 Å². The molecule has 1 amide bonds. The summed E-state index contributed by atoms with van der Waals surface area (Å²) in [4.78, 5) is 33.5. The number of nitrogens with zero attached hydrogens (tertiary/aromatic N) is 1. The molecule has 0 aromatic heterocycles. The van der Waals surface area contributed by atoms with Gasteiger partial charge in [0.2, 0.25) is 8.32 Å². The number of aliphatic hydroxyl groups is 2. The number of alkyl halides is 3. The second kappa shape index (κ2) is 14.3. The van der Waals surface area contributed by atoms with E-state index in [9.17, 15) is 19.8 Å². The number of halogens is 3. The van der Waals surface area contributed by atoms with Crippen molar-refractivity contribution in [2.24, 2.45) is 27.7 Å². The molecule has 7 fully saturated rings. The number of fused-ring (bicyclic) bond motifs is 5. The maximum Gasteiger partial charge on any atom is 0.334 e. The van der Waals surface area contributed by atoms with Gasteiger partial charge in [-0.1, -0.05) is 118 Å². The molecule has 4 saturated heterocycles. The number of carbonyl (C=O) groups is 2. The zero-order chi connectivity index (χ0) is 44.2. The second-order valence-electron chi connectivity index (χ2n) is 21.5. The van der Waals surface area contributed by atoms with E-state index < -0.39 is 115 Å². The maximum absolute atomic E-state index is 14.2. The number of amides is 1. The first-order valence-corrected chi connectivity index (χ1v) is 27.6. The number of nitrogens with one attached hydrogen (secondary N) is 1. The largest absolute Gasteiger partial charge is 0.454 e. The number of hydrogen-bond donors (Lipinski definition) is 3. The Labute approximate surface area is 366 Å². The number of hydrogen-bond acceptors (Lipinski definition) is 12. The Morgan fingerprint density at radius 2 is 1.59 bits per heavy atom. The second-order valence-corrected chi connectivity index (χ2v) is 33.9. The molecular weight excluding hydrogens is 859 g/mol. The van der Waals surface area contributed by atoms with Crippen molar-refractivity contribution in [2.45, 2.75) is 207 Å². The predicted molar refractivity (Wildman–Crippen MR) is 228 cm³/mol. The van der Waals surface area contributed by atoms with Crippen molar-refractivity contribution in [3.63, 3.8) is 0 Å². The van der Waals surface area contributed by atoms with Crippen LogP contribution in [0.15, 0.2) is 4.99 Å². The molecule has 0 radical (unpaired) electrons. The van der Waals surface area contributed by atoms with Crippen LogP contribution in [-0.2, 0) is 42.1 Å². The number of carbonyl (C=O) groups excluding carboxylic acids is 2. The zero-order valence-corrected chi connectivity index (χ0v) is 41.5. The van der Waals surface area contributed by atoms with Crippen molar-refractivity contribution in [3.05, 3.63) is 0 Å². The van der Waals surface area contributed by atoms with Gasteiger partial charge in [-0.3, -0.25) is 9.79 Å². The lowest BCUT2D eigenvalue weighted by Gasteiger charge is -2.72. The molecule has 13 nitrogen and oxygen atoms in total. The maximum atomic E-state index is 14.2. The molecule has 3 aliphatic carbocycles. The normalized spacial score (nSPS) is 42.8. The third-order valence-electron chi connectivity index (χ3n) is 16.6. The molecule has 0 spiro atoms. The Hall–Kier alpha value is -0.406. The Kier molecular flexibility index (Phi) is 11.3. The van der Waals surface area contributed by atoms with Gasteiger partial charge in [-0.15, -0.1) is 0 Å². The monoisotopic (exact) mass is 924 g/mol. The number of esters is 1. The van der Waals surface area contributed by atoms with E-state index in [-0.39, 0.29) is 34.6 Å². The molecule has 0 aromatic rings. The summed E-state index contributed by atoms with van der Waals surface area (Å²) in [7, 11) is -5.92. The molecule has 59 heavy (non-hydrogen) atoms. The van der Waals surface area contributed by atoms with E-state index in [1.54, 1.807) is 6.92 Å². The van der Waals surface area contributed by atoms with E-state index in [1.165, 1.54) is 0 Å². The van der Waals surface area contributed by atoms with Crippen molar-refractivity contribution in [1.82, 2.24) is 5.32 Å². The topological polar surface area (TPSA) is 164 Å². The van der Waals surface area contributed by atoms with Crippen LogP contribution in [0.2, 0.25) is 34.8 Å². The first-order chi connectivity index (χ1) is 26.9. The van der Waals surface area contributed by atoms with Crippen molar-refractivity contribution < 1.29 is 52.3 Å². The summed E-state index contributed by atoms with van der Waals surface area (Å²) in [6.45, 7) is 31.3. The van der Waals surface area contributed by atoms with Crippen LogP contribution in [0.4, 0.5) is 0 Å². The Balaban J connectivity index is 1.48. The van der Waals surface area contributed by atoms with Gasteiger partial charge in [0.05, 0.1) is 11.6 Å². The minimum atomic E-state index is -3.00. The number of aliphatic hydroxyl groups excluding tert-OH is 1. The van der Waals surface area contributed by atoms with Gasteiger partial charge in [-0.2, -0.15) is 0 Å². The molecule has 5 heterocycles. The lowest BCUT2D eigenvalue weighted by molar-refractivity contribution is -0.526. The van der Waals surface area contributed by atoms with Crippen LogP contribution >= 0.6 is 34.8 Å². The molecule has 336 valence electrons. The van der Waals surface area contributed by atoms with E-state index in [0.717, 1.165) is 12.8 Å². The molecule has 3 N–H and O–H groups in total. The molecule has 18 heteroatoms. The Bertz CT molecular complexity index is 1730. The molecule has 8 aliphatic rings. The summed E-state index contributed by atoms with van der Waals surface area (Å²) in [5, 5.41) is 29.3. The van der Waals surface area contributed by atoms with E-state index in [1.807, 2.05) is 13.1 Å². The van der Waals surface area contributed by atoms with Crippen molar-refractivity contribution in [1.29, 1.82) is 0 Å². The van der Waals surface area contributed by atoms with Crippen LogP contribution in [0.3, 0.4) is 0 Å². The summed E-state index contributed by atoms with van der Waals surface area (Å²) < 4.78 is 46.0. The van der Waals surface area contributed by atoms with Gasteiger partial charge in [0.1, 0.15) is 41.7 Å². The van der Waals surface area contributed by atoms with E-state index in [4.69, 9.17) is 72.3 Å². The third-order valence-corrected chi connectivity index (χ3v) is 27.7. The van der Waals surface area contributed by atoms with Crippen LogP contribution in [0.25, 0.3) is 0 Å². The fourth-order valence-corrected chi connectivity index (χ4v) is 19.2. The Morgan fingerprint density at radius 3 is 2.12 bits per heavy atom. The smallest absolute Gasteiger partial charge is 0.334 e. The fourth-order valence-electron chi connectivity index (χ4n) is 12.3. The van der Waals surface area contributed by atoms with Crippen LogP contribution in [0.5, 0.6) is 0 Å². The van der Waals surface area contributed by atoms with Gasteiger partial charge in [0.25, 0.3) is 9.70 Å². The van der Waals surface area contributed by atoms with Gasteiger partial charge >= 0.3 is 11.9 Å². The van der Waals surface area contributed by atoms with Crippen LogP contribution in [0, 0.1) is 22.7 Å². The average Bonchev–Trinajstić information content (AvgIpc) is 3.56. The lowest BCUT2D eigenvalue weighted by atomic mass is 9.55. The van der Waals surface area contributed by atoms with Gasteiger partial charge < -0.3 is 48.1 Å². The predicted octanol–water partition coefficient (Wildman–Crippen LogP) is 6.92. The summed E-state index contributed by atoms with van der Waals surface area (Å²) >= 11 is 19.1. The molecule has 8 bridgehead atoms. The SMILES string of the molecule is CCOC1O[C@@H]2C3(O[Si](C(C)C)(C(C)C)C(C)C)OC4C(O[Si](C)(C)C(C)(C)C)[C@]2(NC(=O)C(Cl)(Cl)Cl)C1C(O3)[C@@]4(O)[C@H](O)[C@@H]1N=C2C(OC1=O)[C@H]1CC[C@]2(C)C1(C)C. The van der Waals surface area contributed by atoms with Crippen LogP contribution < -0.4 is 5.32 Å². The van der Waals surface area contributed by atoms with Gasteiger partial charge in [-0.25, -0.2) is 4.79 Å². The highest BCUT2D eigenvalue weighted by molar-refractivity contribution is 6.78. The first-order valence-electron chi connectivity index (χ1n) is 21.5. The minimum Gasteiger partial charge on any atom is -0.454 e. The highest BCUT2D eigenvalue weighted by atomic mass is 35.6. The standard InChI is InChI=1S/C41H67Cl3N2O11Si2/c1-16-51-32-23-28-39(50,27(47)24-31(48)52-25-22-17-18-37(13,26(25)45-24)36(22,11)12)30-29(56-58(14,15)35(8,9)10)38(23,46-34(49)40(42,43)44)33(53-32)41(54-28,55-30)57-59(19(2)3,20(4)5)21(6)7/h19-25,27-30,32-33,47,50H,16-18H2,1-15H3,(H,46,49)/t22-,23?,24+,25?,27-,28?,29?,30?,32?,33+,37+,38-,39+,41?/m1/s1. The third kappa shape index (κ3) is 6.12. The summed E-state index contributed by atoms with van der Waals surface area (Å²) in [6.07, 6.45) is -7.51. The molecular formula is C41H67Cl3N2O11Si2. The highest BCUT2D eigenvalue weighted by Crippen LogP contribution is 2.69. The quantitative estimate of drug-likeness (QED) is 0.106. The van der Waals surface area contributed by atoms with Crippen LogP contribution in [-0.4, -0.2) is 121 Å². The molecule has 8 rings (SSSR count). The molecule has 7 unspecified atom stereocenters. The summed E-state index contributed by atoms with van der Waals surface area (Å²) in [6, 6.07) is -1.56. The molecule has 14 atom stereocenters. The molecule has 3 saturated carbocycles.